The van der Waals surface area contributed by atoms with E-state index in [9.17, 15) is 0 Å². The molecule has 0 unspecified atom stereocenters. The smallest absolute Gasteiger partial charge is 0.133 e. The van der Waals surface area contributed by atoms with Gasteiger partial charge in [-0.25, -0.2) is 0 Å². The van der Waals surface area contributed by atoms with Crippen molar-refractivity contribution in [2.75, 3.05) is 18.5 Å². The predicted octanol–water partition coefficient (Wildman–Crippen LogP) is 5.36. The van der Waals surface area contributed by atoms with Crippen LogP contribution in [0, 0.1) is 0 Å². The van der Waals surface area contributed by atoms with E-state index in [1.165, 1.54) is 0 Å². The average molecular weight is 406 g/mol. The fraction of sp³-hybridized carbons (Fsp3) is 0.143. The van der Waals surface area contributed by atoms with E-state index in [1.807, 2.05) is 42.5 Å². The topological polar surface area (TPSA) is 21.3 Å². The van der Waals surface area contributed by atoms with E-state index in [2.05, 4.69) is 37.2 Å². The molecule has 0 atom stereocenters. The van der Waals surface area contributed by atoms with Crippen LogP contribution in [-0.4, -0.2) is 13.2 Å². The molecule has 0 aliphatic rings. The van der Waals surface area contributed by atoms with Crippen LogP contribution in [0.5, 0.6) is 5.75 Å². The van der Waals surface area contributed by atoms with E-state index in [1.54, 1.807) is 0 Å². The maximum absolute atomic E-state index is 5.82. The molecule has 0 aromatic heterocycles. The van der Waals surface area contributed by atoms with E-state index in [4.69, 9.17) is 16.3 Å². The van der Waals surface area contributed by atoms with Crippen molar-refractivity contribution >= 4 is 49.1 Å². The molecular weight excluding hydrogens is 393 g/mol. The van der Waals surface area contributed by atoms with Crippen LogP contribution >= 0.6 is 43.5 Å². The van der Waals surface area contributed by atoms with Crippen molar-refractivity contribution in [2.24, 2.45) is 0 Å². The monoisotopic (exact) mass is 403 g/mol. The van der Waals surface area contributed by atoms with Gasteiger partial charge in [0.2, 0.25) is 0 Å². The van der Waals surface area contributed by atoms with Gasteiger partial charge in [-0.15, -0.1) is 0 Å². The fourth-order valence-corrected chi connectivity index (χ4v) is 2.80. The molecule has 2 rings (SSSR count). The second kappa shape index (κ2) is 7.17. The lowest BCUT2D eigenvalue weighted by molar-refractivity contribution is 0.331. The Balaban J connectivity index is 1.79. The maximum atomic E-state index is 5.82. The van der Waals surface area contributed by atoms with Crippen LogP contribution in [0.2, 0.25) is 5.02 Å². The summed E-state index contributed by atoms with van der Waals surface area (Å²) in [4.78, 5) is 0. The van der Waals surface area contributed by atoms with Crippen LogP contribution in [0.3, 0.4) is 0 Å². The molecular formula is C14H12Br2ClNO. The van der Waals surface area contributed by atoms with Crippen molar-refractivity contribution < 1.29 is 4.74 Å². The molecule has 0 aliphatic carbocycles. The first-order chi connectivity index (χ1) is 9.15. The van der Waals surface area contributed by atoms with Crippen LogP contribution in [0.1, 0.15) is 0 Å². The van der Waals surface area contributed by atoms with Crippen molar-refractivity contribution in [1.29, 1.82) is 0 Å². The van der Waals surface area contributed by atoms with Gasteiger partial charge in [0.25, 0.3) is 0 Å². The summed E-state index contributed by atoms with van der Waals surface area (Å²) in [5, 5.41) is 4.00. The van der Waals surface area contributed by atoms with E-state index in [0.717, 1.165) is 31.9 Å². The number of anilines is 1. The zero-order valence-electron chi connectivity index (χ0n) is 10.00. The lowest BCUT2D eigenvalue weighted by atomic mass is 10.3. The van der Waals surface area contributed by atoms with Gasteiger partial charge in [0.05, 0.1) is 4.47 Å². The highest BCUT2D eigenvalue weighted by Crippen LogP contribution is 2.28. The summed E-state index contributed by atoms with van der Waals surface area (Å²) < 4.78 is 7.64. The SMILES string of the molecule is Clc1ccc(NCCOc2ccc(Br)cc2Br)cc1. The molecule has 0 amide bonds. The molecule has 0 radical (unpaired) electrons. The van der Waals surface area contributed by atoms with Crippen molar-refractivity contribution in [3.05, 3.63) is 56.4 Å². The lowest BCUT2D eigenvalue weighted by Crippen LogP contribution is -2.11. The molecule has 0 saturated heterocycles. The molecule has 0 bridgehead atoms. The molecule has 2 nitrogen and oxygen atoms in total. The fourth-order valence-electron chi connectivity index (χ4n) is 1.52. The number of hydrogen-bond donors (Lipinski definition) is 1. The summed E-state index contributed by atoms with van der Waals surface area (Å²) in [5.41, 5.74) is 1.03. The van der Waals surface area contributed by atoms with E-state index < -0.39 is 0 Å². The third-order valence-corrected chi connectivity index (χ3v) is 3.79. The quantitative estimate of drug-likeness (QED) is 0.677. The minimum Gasteiger partial charge on any atom is -0.491 e. The molecule has 0 fully saturated rings. The van der Waals surface area contributed by atoms with E-state index >= 15 is 0 Å². The Labute approximate surface area is 134 Å². The van der Waals surface area contributed by atoms with Gasteiger partial charge >= 0.3 is 0 Å². The summed E-state index contributed by atoms with van der Waals surface area (Å²) in [6.07, 6.45) is 0. The Bertz CT molecular complexity index is 546. The van der Waals surface area contributed by atoms with Crippen LogP contribution in [0.4, 0.5) is 5.69 Å². The highest BCUT2D eigenvalue weighted by atomic mass is 79.9. The molecule has 1 N–H and O–H groups in total. The minimum atomic E-state index is 0.586. The predicted molar refractivity (Wildman–Crippen MR) is 87.3 cm³/mol. The highest BCUT2D eigenvalue weighted by molar-refractivity contribution is 9.11. The second-order valence-corrected chi connectivity index (χ2v) is 6.06. The first-order valence-corrected chi connectivity index (χ1v) is 7.69. The van der Waals surface area contributed by atoms with Crippen molar-refractivity contribution in [3.8, 4) is 5.75 Å². The average Bonchev–Trinajstić information content (AvgIpc) is 2.39. The van der Waals surface area contributed by atoms with Crippen molar-refractivity contribution in [1.82, 2.24) is 0 Å². The molecule has 0 aliphatic heterocycles. The number of benzene rings is 2. The van der Waals surface area contributed by atoms with Crippen LogP contribution < -0.4 is 10.1 Å². The maximum Gasteiger partial charge on any atom is 0.133 e. The normalized spacial score (nSPS) is 10.3. The van der Waals surface area contributed by atoms with Gasteiger partial charge in [-0.05, 0) is 58.4 Å². The number of nitrogens with one attached hydrogen (secondary N) is 1. The Kier molecular flexibility index (Phi) is 5.55. The van der Waals surface area contributed by atoms with Crippen molar-refractivity contribution in [2.45, 2.75) is 0 Å². The van der Waals surface area contributed by atoms with Gasteiger partial charge in [-0.3, -0.25) is 0 Å². The van der Waals surface area contributed by atoms with Gasteiger partial charge in [0.1, 0.15) is 12.4 Å². The van der Waals surface area contributed by atoms with Gasteiger partial charge in [0.15, 0.2) is 0 Å². The molecule has 19 heavy (non-hydrogen) atoms. The first kappa shape index (κ1) is 14.7. The van der Waals surface area contributed by atoms with E-state index in [-0.39, 0.29) is 0 Å². The Morgan fingerprint density at radius 3 is 2.47 bits per heavy atom. The lowest BCUT2D eigenvalue weighted by Gasteiger charge is -2.10. The number of halogens is 3. The van der Waals surface area contributed by atoms with Gasteiger partial charge in [-0.1, -0.05) is 27.5 Å². The molecule has 5 heteroatoms. The third kappa shape index (κ3) is 4.71. The summed E-state index contributed by atoms with van der Waals surface area (Å²) in [7, 11) is 0. The number of rotatable bonds is 5. The highest BCUT2D eigenvalue weighted by Gasteiger charge is 2.01. The Hall–Kier alpha value is -0.710. The van der Waals surface area contributed by atoms with Gasteiger partial charge in [-0.2, -0.15) is 0 Å². The Morgan fingerprint density at radius 1 is 1.05 bits per heavy atom. The second-order valence-electron chi connectivity index (χ2n) is 3.86. The van der Waals surface area contributed by atoms with Crippen molar-refractivity contribution in [3.63, 3.8) is 0 Å². The molecule has 2 aromatic carbocycles. The molecule has 2 aromatic rings. The molecule has 0 spiro atoms. The van der Waals surface area contributed by atoms with Gasteiger partial charge in [0, 0.05) is 21.7 Å². The van der Waals surface area contributed by atoms with Crippen LogP contribution in [-0.2, 0) is 0 Å². The molecule has 0 saturated carbocycles. The third-order valence-electron chi connectivity index (χ3n) is 2.43. The minimum absolute atomic E-state index is 0.586. The van der Waals surface area contributed by atoms with Crippen LogP contribution in [0.15, 0.2) is 51.4 Å². The largest absolute Gasteiger partial charge is 0.491 e. The Morgan fingerprint density at radius 2 is 1.79 bits per heavy atom. The van der Waals surface area contributed by atoms with Crippen LogP contribution in [0.25, 0.3) is 0 Å². The molecule has 100 valence electrons. The zero-order valence-corrected chi connectivity index (χ0v) is 13.9. The van der Waals surface area contributed by atoms with E-state index in [0.29, 0.717) is 6.61 Å². The summed E-state index contributed by atoms with van der Waals surface area (Å²) >= 11 is 12.7. The van der Waals surface area contributed by atoms with Gasteiger partial charge < -0.3 is 10.1 Å². The zero-order chi connectivity index (χ0) is 13.7. The molecule has 0 heterocycles. The summed E-state index contributed by atoms with van der Waals surface area (Å²) in [5.74, 6) is 0.834. The number of ether oxygens (including phenoxy) is 1. The number of hydrogen-bond acceptors (Lipinski definition) is 2. The summed E-state index contributed by atoms with van der Waals surface area (Å²) in [6, 6.07) is 13.4. The first-order valence-electron chi connectivity index (χ1n) is 5.72. The standard InChI is InChI=1S/C14H12Br2ClNO/c15-10-1-6-14(13(16)9-10)19-8-7-18-12-4-2-11(17)3-5-12/h1-6,9,18H,7-8H2. The summed E-state index contributed by atoms with van der Waals surface area (Å²) in [6.45, 7) is 1.31.